The predicted octanol–water partition coefficient (Wildman–Crippen LogP) is 2.56. The molecule has 136 valence electrons. The van der Waals surface area contributed by atoms with Crippen LogP contribution in [0.3, 0.4) is 0 Å². The summed E-state index contributed by atoms with van der Waals surface area (Å²) >= 11 is 0. The van der Waals surface area contributed by atoms with E-state index in [1.807, 2.05) is 53.4 Å². The van der Waals surface area contributed by atoms with Crippen molar-refractivity contribution in [1.29, 1.82) is 0 Å². The Labute approximate surface area is 151 Å². The highest BCUT2D eigenvalue weighted by Gasteiger charge is 2.52. The van der Waals surface area contributed by atoms with Gasteiger partial charge in [-0.3, -0.25) is 0 Å². The first kappa shape index (κ1) is 16.1. The van der Waals surface area contributed by atoms with Crippen LogP contribution < -0.4 is 9.64 Å². The van der Waals surface area contributed by atoms with E-state index in [2.05, 4.69) is 0 Å². The van der Waals surface area contributed by atoms with Crippen LogP contribution in [0.5, 0.6) is 11.5 Å². The second-order valence-electron chi connectivity index (χ2n) is 7.05. The van der Waals surface area contributed by atoms with Crippen molar-refractivity contribution in [1.82, 2.24) is 0 Å². The number of benzene rings is 2. The molecule has 1 saturated carbocycles. The Morgan fingerprint density at radius 1 is 0.846 bits per heavy atom. The second kappa shape index (κ2) is 5.96. The summed E-state index contributed by atoms with van der Waals surface area (Å²) in [5.41, 5.74) is 1.72. The molecular weight excluding hydrogens is 334 g/mol. The number of nitrogens with zero attached hydrogens (tertiary/aromatic N) is 1. The van der Waals surface area contributed by atoms with Crippen molar-refractivity contribution in [2.45, 2.75) is 36.9 Å². The Morgan fingerprint density at radius 3 is 2.04 bits per heavy atom. The minimum Gasteiger partial charge on any atom is -0.453 e. The van der Waals surface area contributed by atoms with Gasteiger partial charge in [0.15, 0.2) is 17.3 Å². The van der Waals surface area contributed by atoms with Gasteiger partial charge in [0, 0.05) is 12.8 Å². The van der Waals surface area contributed by atoms with Crippen molar-refractivity contribution in [3.63, 3.8) is 0 Å². The van der Waals surface area contributed by atoms with E-state index in [1.165, 1.54) is 0 Å². The largest absolute Gasteiger partial charge is 0.453 e. The fourth-order valence-electron chi connectivity index (χ4n) is 4.29. The van der Waals surface area contributed by atoms with Crippen molar-refractivity contribution in [2.75, 3.05) is 18.1 Å². The third kappa shape index (κ3) is 2.41. The molecule has 2 fully saturated rings. The highest BCUT2D eigenvalue weighted by Crippen LogP contribution is 2.50. The fourth-order valence-corrected chi connectivity index (χ4v) is 4.29. The molecule has 6 heteroatoms. The van der Waals surface area contributed by atoms with Gasteiger partial charge in [-0.05, 0) is 24.3 Å². The molecular formula is C20H21NO5. The quantitative estimate of drug-likeness (QED) is 0.819. The number of hydrogen-bond acceptors (Lipinski definition) is 6. The average Bonchev–Trinajstić information content (AvgIpc) is 3.11. The summed E-state index contributed by atoms with van der Waals surface area (Å²) in [7, 11) is 0. The molecule has 2 heterocycles. The lowest BCUT2D eigenvalue weighted by molar-refractivity contribution is -0.218. The second-order valence-corrected chi connectivity index (χ2v) is 7.05. The molecule has 0 bridgehead atoms. The lowest BCUT2D eigenvalue weighted by atomic mass is 9.83. The summed E-state index contributed by atoms with van der Waals surface area (Å²) in [5.74, 6) is 0.604. The van der Waals surface area contributed by atoms with Crippen molar-refractivity contribution >= 4 is 11.4 Å². The number of rotatable bonds is 1. The van der Waals surface area contributed by atoms with Gasteiger partial charge in [0.05, 0.1) is 36.7 Å². The summed E-state index contributed by atoms with van der Waals surface area (Å²) in [6, 6.07) is 15.0. The van der Waals surface area contributed by atoms with Crippen molar-refractivity contribution < 1.29 is 24.4 Å². The Bertz CT molecular complexity index is 774. The van der Waals surface area contributed by atoms with E-state index < -0.39 is 24.0 Å². The maximum atomic E-state index is 10.8. The Balaban J connectivity index is 1.62. The normalized spacial score (nSPS) is 29.2. The molecule has 2 aliphatic heterocycles. The molecule has 0 amide bonds. The number of para-hydroxylation sites is 4. The molecule has 2 aromatic rings. The Kier molecular flexibility index (Phi) is 3.68. The highest BCUT2D eigenvalue weighted by molar-refractivity contribution is 5.78. The molecule has 1 saturated heterocycles. The van der Waals surface area contributed by atoms with E-state index in [0.717, 1.165) is 22.9 Å². The van der Waals surface area contributed by atoms with Crippen LogP contribution in [0.25, 0.3) is 0 Å². The topological polar surface area (TPSA) is 71.4 Å². The maximum absolute atomic E-state index is 10.8. The molecule has 2 aromatic carbocycles. The molecule has 3 unspecified atom stereocenters. The van der Waals surface area contributed by atoms with Gasteiger partial charge in [-0.15, -0.1) is 0 Å². The van der Waals surface area contributed by atoms with Crippen LogP contribution in [-0.4, -0.2) is 47.5 Å². The molecule has 1 aliphatic carbocycles. The fraction of sp³-hybridized carbons (Fsp3) is 0.400. The van der Waals surface area contributed by atoms with Crippen LogP contribution in [-0.2, 0) is 9.47 Å². The van der Waals surface area contributed by atoms with Crippen LogP contribution in [0.2, 0.25) is 0 Å². The van der Waals surface area contributed by atoms with Gasteiger partial charge >= 0.3 is 0 Å². The molecule has 26 heavy (non-hydrogen) atoms. The predicted molar refractivity (Wildman–Crippen MR) is 94.8 cm³/mol. The first-order valence-corrected chi connectivity index (χ1v) is 8.96. The molecule has 6 nitrogen and oxygen atoms in total. The van der Waals surface area contributed by atoms with Crippen molar-refractivity contribution in [3.8, 4) is 11.5 Å². The summed E-state index contributed by atoms with van der Waals surface area (Å²) in [4.78, 5) is 2.05. The standard InChI is InChI=1S/C20H21NO5/c22-16-12-20(24-9-10-25-20)11-15(19(16)23)21-13-5-1-3-7-17(13)26-18-8-4-2-6-14(18)21/h1-8,15-16,19,22-23H,9-12H2. The first-order valence-electron chi connectivity index (χ1n) is 8.96. The monoisotopic (exact) mass is 355 g/mol. The Morgan fingerprint density at radius 2 is 1.42 bits per heavy atom. The number of anilines is 2. The van der Waals surface area contributed by atoms with E-state index in [9.17, 15) is 10.2 Å². The smallest absolute Gasteiger partial charge is 0.173 e. The SMILES string of the molecule is OC1CC2(CC(N3c4ccccc4Oc4ccccc43)C1O)OCCO2. The van der Waals surface area contributed by atoms with E-state index >= 15 is 0 Å². The first-order chi connectivity index (χ1) is 12.7. The number of ether oxygens (including phenoxy) is 3. The lowest BCUT2D eigenvalue weighted by Gasteiger charge is -2.48. The van der Waals surface area contributed by atoms with Crippen LogP contribution in [0, 0.1) is 0 Å². The summed E-state index contributed by atoms with van der Waals surface area (Å²) < 4.78 is 17.7. The molecule has 3 aliphatic rings. The minimum absolute atomic E-state index is 0.276. The maximum Gasteiger partial charge on any atom is 0.173 e. The van der Waals surface area contributed by atoms with Crippen molar-refractivity contribution in [3.05, 3.63) is 48.5 Å². The van der Waals surface area contributed by atoms with Crippen LogP contribution in [0.15, 0.2) is 48.5 Å². The van der Waals surface area contributed by atoms with E-state index in [-0.39, 0.29) is 6.42 Å². The Hall–Kier alpha value is -2.12. The number of hydrogen-bond donors (Lipinski definition) is 2. The minimum atomic E-state index is -0.923. The van der Waals surface area contributed by atoms with E-state index in [0.29, 0.717) is 19.6 Å². The van der Waals surface area contributed by atoms with Crippen LogP contribution >= 0.6 is 0 Å². The molecule has 5 rings (SSSR count). The number of fused-ring (bicyclic) bond motifs is 2. The molecule has 2 N–H and O–H groups in total. The zero-order valence-corrected chi connectivity index (χ0v) is 14.2. The zero-order chi connectivity index (χ0) is 17.7. The molecule has 0 aromatic heterocycles. The van der Waals surface area contributed by atoms with Gasteiger partial charge in [0.2, 0.25) is 0 Å². The van der Waals surface area contributed by atoms with Gasteiger partial charge in [-0.25, -0.2) is 0 Å². The summed E-state index contributed by atoms with van der Waals surface area (Å²) in [6.45, 7) is 1.01. The summed E-state index contributed by atoms with van der Waals surface area (Å²) in [5, 5.41) is 21.4. The van der Waals surface area contributed by atoms with E-state index in [4.69, 9.17) is 14.2 Å². The summed E-state index contributed by atoms with van der Waals surface area (Å²) in [6.07, 6.45) is -1.10. The lowest BCUT2D eigenvalue weighted by Crippen LogP contribution is -2.58. The van der Waals surface area contributed by atoms with Gasteiger partial charge < -0.3 is 29.3 Å². The van der Waals surface area contributed by atoms with Crippen LogP contribution in [0.4, 0.5) is 11.4 Å². The third-order valence-electron chi connectivity index (χ3n) is 5.44. The molecule has 0 radical (unpaired) electrons. The number of aliphatic hydroxyl groups is 2. The van der Waals surface area contributed by atoms with Gasteiger partial charge in [-0.1, -0.05) is 24.3 Å². The van der Waals surface area contributed by atoms with Gasteiger partial charge in [0.1, 0.15) is 6.10 Å². The van der Waals surface area contributed by atoms with E-state index in [1.54, 1.807) is 0 Å². The number of aliphatic hydroxyl groups excluding tert-OH is 2. The molecule has 1 spiro atoms. The molecule has 3 atom stereocenters. The highest BCUT2D eigenvalue weighted by atomic mass is 16.7. The van der Waals surface area contributed by atoms with Crippen LogP contribution in [0.1, 0.15) is 12.8 Å². The van der Waals surface area contributed by atoms with Gasteiger partial charge in [0.25, 0.3) is 0 Å². The zero-order valence-electron chi connectivity index (χ0n) is 14.2. The average molecular weight is 355 g/mol. The van der Waals surface area contributed by atoms with Gasteiger partial charge in [-0.2, -0.15) is 0 Å². The van der Waals surface area contributed by atoms with Crippen molar-refractivity contribution in [2.24, 2.45) is 0 Å². The third-order valence-corrected chi connectivity index (χ3v) is 5.44.